The number of carbonyl (C=O) groups excluding carboxylic acids is 1. The van der Waals surface area contributed by atoms with Crippen LogP contribution in [0.1, 0.15) is 36.3 Å². The van der Waals surface area contributed by atoms with Gasteiger partial charge in [0.1, 0.15) is 5.69 Å². The molecule has 1 aromatic carbocycles. The van der Waals surface area contributed by atoms with E-state index >= 15 is 0 Å². The molecule has 5 nitrogen and oxygen atoms in total. The van der Waals surface area contributed by atoms with Crippen LogP contribution in [0.2, 0.25) is 5.02 Å². The second-order valence-corrected chi connectivity index (χ2v) is 6.15. The predicted molar refractivity (Wildman–Crippen MR) is 93.3 cm³/mol. The molecule has 2 aromatic rings. The van der Waals surface area contributed by atoms with Gasteiger partial charge in [-0.1, -0.05) is 31.5 Å². The van der Waals surface area contributed by atoms with E-state index in [0.717, 1.165) is 17.7 Å². The number of amides is 1. The Morgan fingerprint density at radius 3 is 2.83 bits per heavy atom. The molecule has 0 atom stereocenters. The van der Waals surface area contributed by atoms with Gasteiger partial charge in [-0.15, -0.1) is 0 Å². The van der Waals surface area contributed by atoms with Crippen molar-refractivity contribution < 1.29 is 4.79 Å². The molecule has 1 amide bonds. The lowest BCUT2D eigenvalue weighted by atomic mass is 10.1. The van der Waals surface area contributed by atoms with Gasteiger partial charge >= 0.3 is 0 Å². The summed E-state index contributed by atoms with van der Waals surface area (Å²) in [7, 11) is 0. The van der Waals surface area contributed by atoms with Crippen LogP contribution in [-0.2, 0) is 0 Å². The molecule has 0 aliphatic rings. The van der Waals surface area contributed by atoms with Crippen LogP contribution in [0.25, 0.3) is 0 Å². The van der Waals surface area contributed by atoms with Crippen LogP contribution in [0, 0.1) is 12.8 Å². The van der Waals surface area contributed by atoms with Gasteiger partial charge in [0.2, 0.25) is 5.95 Å². The lowest BCUT2D eigenvalue weighted by Gasteiger charge is -2.10. The largest absolute Gasteiger partial charge is 0.351 e. The average molecular weight is 333 g/mol. The van der Waals surface area contributed by atoms with E-state index in [1.165, 1.54) is 0 Å². The maximum atomic E-state index is 12.1. The van der Waals surface area contributed by atoms with Gasteiger partial charge < -0.3 is 10.6 Å². The molecular weight excluding hydrogens is 312 g/mol. The second kappa shape index (κ2) is 7.92. The summed E-state index contributed by atoms with van der Waals surface area (Å²) >= 11 is 6.10. The normalized spacial score (nSPS) is 10.7. The van der Waals surface area contributed by atoms with Gasteiger partial charge in [0, 0.05) is 23.5 Å². The van der Waals surface area contributed by atoms with Gasteiger partial charge in [0.05, 0.1) is 0 Å². The predicted octanol–water partition coefficient (Wildman–Crippen LogP) is 3.96. The van der Waals surface area contributed by atoms with Gasteiger partial charge in [-0.25, -0.2) is 9.97 Å². The maximum Gasteiger partial charge on any atom is 0.270 e. The fourth-order valence-electron chi connectivity index (χ4n) is 1.97. The topological polar surface area (TPSA) is 66.9 Å². The molecule has 23 heavy (non-hydrogen) atoms. The molecule has 0 unspecified atom stereocenters. The lowest BCUT2D eigenvalue weighted by molar-refractivity contribution is 0.0947. The van der Waals surface area contributed by atoms with Crippen molar-refractivity contribution in [3.63, 3.8) is 0 Å². The highest BCUT2D eigenvalue weighted by atomic mass is 35.5. The highest BCUT2D eigenvalue weighted by molar-refractivity contribution is 6.31. The summed E-state index contributed by atoms with van der Waals surface area (Å²) in [5, 5.41) is 6.62. The number of nitrogens with one attached hydrogen (secondary N) is 2. The van der Waals surface area contributed by atoms with E-state index in [0.29, 0.717) is 29.1 Å². The highest BCUT2D eigenvalue weighted by Crippen LogP contribution is 2.24. The molecular formula is C17H21ClN4O. The van der Waals surface area contributed by atoms with E-state index < -0.39 is 0 Å². The average Bonchev–Trinajstić information content (AvgIpc) is 2.52. The minimum atomic E-state index is -0.195. The van der Waals surface area contributed by atoms with Crippen LogP contribution in [0.5, 0.6) is 0 Å². The Morgan fingerprint density at radius 1 is 1.30 bits per heavy atom. The Kier molecular flexibility index (Phi) is 5.93. The molecule has 1 aromatic heterocycles. The monoisotopic (exact) mass is 332 g/mol. The fourth-order valence-corrected chi connectivity index (χ4v) is 2.15. The minimum Gasteiger partial charge on any atom is -0.351 e. The number of hydrogen-bond donors (Lipinski definition) is 2. The summed E-state index contributed by atoms with van der Waals surface area (Å²) in [5.41, 5.74) is 2.06. The van der Waals surface area contributed by atoms with Crippen LogP contribution < -0.4 is 10.6 Å². The van der Waals surface area contributed by atoms with E-state index in [-0.39, 0.29) is 5.91 Å². The molecule has 0 radical (unpaired) electrons. The third-order valence-electron chi connectivity index (χ3n) is 3.41. The van der Waals surface area contributed by atoms with Crippen molar-refractivity contribution in [1.29, 1.82) is 0 Å². The van der Waals surface area contributed by atoms with Crippen molar-refractivity contribution in [3.05, 3.63) is 46.7 Å². The summed E-state index contributed by atoms with van der Waals surface area (Å²) in [5.74, 6) is 0.717. The number of anilines is 2. The summed E-state index contributed by atoms with van der Waals surface area (Å²) in [6, 6.07) is 7.16. The summed E-state index contributed by atoms with van der Waals surface area (Å²) in [6.07, 6.45) is 2.50. The van der Waals surface area contributed by atoms with Crippen molar-refractivity contribution in [2.24, 2.45) is 5.92 Å². The van der Waals surface area contributed by atoms with Crippen molar-refractivity contribution in [3.8, 4) is 0 Å². The van der Waals surface area contributed by atoms with Crippen LogP contribution in [0.15, 0.2) is 30.5 Å². The molecule has 0 spiro atoms. The third kappa shape index (κ3) is 4.93. The Morgan fingerprint density at radius 2 is 2.09 bits per heavy atom. The number of aromatic nitrogens is 2. The van der Waals surface area contributed by atoms with Crippen LogP contribution >= 0.6 is 11.6 Å². The van der Waals surface area contributed by atoms with E-state index in [1.54, 1.807) is 12.3 Å². The van der Waals surface area contributed by atoms with Crippen LogP contribution in [0.4, 0.5) is 11.6 Å². The van der Waals surface area contributed by atoms with Crippen LogP contribution in [-0.4, -0.2) is 22.4 Å². The first kappa shape index (κ1) is 17.2. The SMILES string of the molecule is Cc1c(Cl)cccc1Nc1nccc(C(=O)NCCC(C)C)n1. The van der Waals surface area contributed by atoms with Crippen molar-refractivity contribution in [2.45, 2.75) is 27.2 Å². The van der Waals surface area contributed by atoms with Gasteiger partial charge in [-0.2, -0.15) is 0 Å². The number of hydrogen-bond acceptors (Lipinski definition) is 4. The third-order valence-corrected chi connectivity index (χ3v) is 3.82. The first-order valence-electron chi connectivity index (χ1n) is 7.60. The molecule has 0 saturated heterocycles. The molecule has 2 N–H and O–H groups in total. The van der Waals surface area contributed by atoms with E-state index in [9.17, 15) is 4.79 Å². The van der Waals surface area contributed by atoms with Crippen molar-refractivity contribution in [2.75, 3.05) is 11.9 Å². The second-order valence-electron chi connectivity index (χ2n) is 5.74. The molecule has 0 aliphatic heterocycles. The molecule has 0 saturated carbocycles. The number of benzene rings is 1. The molecule has 0 fully saturated rings. The standard InChI is InChI=1S/C17H21ClN4O/c1-11(2)7-9-19-16(23)15-8-10-20-17(22-15)21-14-6-4-5-13(18)12(14)3/h4-6,8,10-11H,7,9H2,1-3H3,(H,19,23)(H,20,21,22). The first-order valence-corrected chi connectivity index (χ1v) is 7.98. The molecule has 2 rings (SSSR count). The fraction of sp³-hybridized carbons (Fsp3) is 0.353. The molecule has 6 heteroatoms. The van der Waals surface area contributed by atoms with Gasteiger partial charge in [0.15, 0.2) is 0 Å². The van der Waals surface area contributed by atoms with Gasteiger partial charge in [-0.05, 0) is 43.0 Å². The molecule has 0 bridgehead atoms. The number of nitrogens with zero attached hydrogens (tertiary/aromatic N) is 2. The summed E-state index contributed by atoms with van der Waals surface area (Å²) in [4.78, 5) is 20.5. The molecule has 0 aliphatic carbocycles. The Labute approximate surface area is 141 Å². The zero-order chi connectivity index (χ0) is 16.8. The van der Waals surface area contributed by atoms with E-state index in [4.69, 9.17) is 11.6 Å². The minimum absolute atomic E-state index is 0.195. The zero-order valence-electron chi connectivity index (χ0n) is 13.6. The smallest absolute Gasteiger partial charge is 0.270 e. The number of carbonyl (C=O) groups is 1. The maximum absolute atomic E-state index is 12.1. The Bertz CT molecular complexity index is 688. The van der Waals surface area contributed by atoms with Crippen molar-refractivity contribution in [1.82, 2.24) is 15.3 Å². The summed E-state index contributed by atoms with van der Waals surface area (Å²) < 4.78 is 0. The van der Waals surface area contributed by atoms with E-state index in [1.807, 2.05) is 25.1 Å². The van der Waals surface area contributed by atoms with E-state index in [2.05, 4.69) is 34.4 Å². The zero-order valence-corrected chi connectivity index (χ0v) is 14.3. The number of rotatable bonds is 6. The first-order chi connectivity index (χ1) is 11.0. The Hall–Kier alpha value is -2.14. The van der Waals surface area contributed by atoms with Crippen molar-refractivity contribution >= 4 is 29.1 Å². The lowest BCUT2D eigenvalue weighted by Crippen LogP contribution is -2.26. The Balaban J connectivity index is 2.07. The molecule has 122 valence electrons. The number of halogens is 1. The van der Waals surface area contributed by atoms with Gasteiger partial charge in [0.25, 0.3) is 5.91 Å². The molecule has 1 heterocycles. The van der Waals surface area contributed by atoms with Crippen LogP contribution in [0.3, 0.4) is 0 Å². The summed E-state index contributed by atoms with van der Waals surface area (Å²) in [6.45, 7) is 6.78. The van der Waals surface area contributed by atoms with Gasteiger partial charge in [-0.3, -0.25) is 4.79 Å². The quantitative estimate of drug-likeness (QED) is 0.840. The highest BCUT2D eigenvalue weighted by Gasteiger charge is 2.10.